The van der Waals surface area contributed by atoms with Crippen molar-refractivity contribution in [3.63, 3.8) is 0 Å². The second-order valence-electron chi connectivity index (χ2n) is 13.7. The Morgan fingerprint density at radius 2 is 0.983 bits per heavy atom. The maximum atomic E-state index is 4.08. The van der Waals surface area contributed by atoms with Gasteiger partial charge < -0.3 is 19.3 Å². The Bertz CT molecular complexity index is 2520. The van der Waals surface area contributed by atoms with Gasteiger partial charge in [0.2, 0.25) is 0 Å². The van der Waals surface area contributed by atoms with Crippen LogP contribution in [0, 0.1) is 52.5 Å². The van der Waals surface area contributed by atoms with E-state index in [4.69, 9.17) is 0 Å². The average Bonchev–Trinajstić information content (AvgIpc) is 4.02. The molecule has 0 saturated carbocycles. The fraction of sp³-hybridized carbons (Fsp3) is 0.0816. The Morgan fingerprint density at radius 3 is 1.40 bits per heavy atom. The molecule has 1 radical (unpaired) electrons. The van der Waals surface area contributed by atoms with E-state index in [9.17, 15) is 0 Å². The van der Waals surface area contributed by atoms with Gasteiger partial charge in [-0.3, -0.25) is 19.3 Å². The third-order valence-corrected chi connectivity index (χ3v) is 9.41. The quantitative estimate of drug-likeness (QED) is 0.128. The molecule has 0 aliphatic rings. The van der Waals surface area contributed by atoms with Crippen molar-refractivity contribution in [2.45, 2.75) is 27.7 Å². The zero-order valence-corrected chi connectivity index (χ0v) is 34.9. The predicted octanol–water partition coefficient (Wildman–Crippen LogP) is 8.74. The Kier molecular flexibility index (Phi) is 12.2. The molecule has 8 nitrogen and oxygen atoms in total. The van der Waals surface area contributed by atoms with Crippen LogP contribution in [-0.4, -0.2) is 24.4 Å². The first-order valence-electron chi connectivity index (χ1n) is 18.6. The first-order chi connectivity index (χ1) is 27.9. The van der Waals surface area contributed by atoms with Gasteiger partial charge >= 0.3 is 0 Å². The summed E-state index contributed by atoms with van der Waals surface area (Å²) in [6, 6.07) is 58.4. The van der Waals surface area contributed by atoms with Gasteiger partial charge in [-0.1, -0.05) is 110 Å². The molecule has 10 rings (SSSR count). The summed E-state index contributed by atoms with van der Waals surface area (Å²) in [5, 5.41) is 10.8. The standard InChI is InChI=1S/2C21H17N2.C7H5N4.Ir/c2*1-16-7-11-18(12-8-16)22-15-23(19-13-9-17(2)10-14-19)21-6-4-3-5-20(21)22;1-2-4-8-6(3-1)7-5-9-11-10-7;/h2*3-13H,1-2H3;1-5H;/q3*-1;. The molecule has 0 aliphatic heterocycles. The molecule has 10 aromatic rings. The number of aromatic nitrogens is 8. The number of imidazole rings is 2. The van der Waals surface area contributed by atoms with Crippen LogP contribution in [0.1, 0.15) is 22.3 Å². The summed E-state index contributed by atoms with van der Waals surface area (Å²) in [6.07, 6.45) is 10.2. The first-order valence-corrected chi connectivity index (χ1v) is 18.6. The SMILES string of the molecule is Cc1c[c-]c(-n2[c-][n+](-c3ccc(C)cc3)c3ccccc32)cc1.Cc1c[c-]c(-n2[c-][n+](-c3ccc(C)cc3)c3ccccc32)cc1.[Ir].c1ccc(-c2cnn[n-]2)nc1. The van der Waals surface area contributed by atoms with E-state index in [1.807, 2.05) is 30.3 Å². The summed E-state index contributed by atoms with van der Waals surface area (Å²) < 4.78 is 8.33. The van der Waals surface area contributed by atoms with Gasteiger partial charge in [-0.25, -0.2) is 0 Å². The summed E-state index contributed by atoms with van der Waals surface area (Å²) in [5.74, 6) is 0. The van der Waals surface area contributed by atoms with Crippen LogP contribution >= 0.6 is 0 Å². The van der Waals surface area contributed by atoms with Crippen molar-refractivity contribution in [2.75, 3.05) is 0 Å². The van der Waals surface area contributed by atoms with E-state index in [-0.39, 0.29) is 20.1 Å². The van der Waals surface area contributed by atoms with Crippen molar-refractivity contribution in [1.29, 1.82) is 0 Å². The number of para-hydroxylation sites is 4. The van der Waals surface area contributed by atoms with Crippen molar-refractivity contribution in [3.8, 4) is 34.1 Å². The normalized spacial score (nSPS) is 10.6. The van der Waals surface area contributed by atoms with Gasteiger partial charge in [-0.05, 0) is 67.3 Å². The molecule has 0 bridgehead atoms. The number of hydrogen-bond donors (Lipinski definition) is 0. The predicted molar refractivity (Wildman–Crippen MR) is 222 cm³/mol. The number of aryl methyl sites for hydroxylation is 4. The summed E-state index contributed by atoms with van der Waals surface area (Å²) in [5.41, 5.74) is 15.1. The summed E-state index contributed by atoms with van der Waals surface area (Å²) in [4.78, 5) is 4.08. The monoisotopic (exact) mass is 932 g/mol. The van der Waals surface area contributed by atoms with Gasteiger partial charge in [0.05, 0.1) is 39.1 Å². The summed E-state index contributed by atoms with van der Waals surface area (Å²) in [6.45, 7) is 8.35. The molecule has 0 unspecified atom stereocenters. The minimum Gasteiger partial charge on any atom is -0.358 e. The van der Waals surface area contributed by atoms with Crippen molar-refractivity contribution in [2.24, 2.45) is 0 Å². The van der Waals surface area contributed by atoms with Crippen LogP contribution in [0.5, 0.6) is 0 Å². The largest absolute Gasteiger partial charge is 0.358 e. The molecule has 4 heterocycles. The van der Waals surface area contributed by atoms with Crippen LogP contribution < -0.4 is 14.2 Å². The van der Waals surface area contributed by atoms with Crippen molar-refractivity contribution < 1.29 is 29.2 Å². The second-order valence-corrected chi connectivity index (χ2v) is 13.7. The fourth-order valence-electron chi connectivity index (χ4n) is 6.33. The van der Waals surface area contributed by atoms with E-state index in [1.165, 1.54) is 22.3 Å². The summed E-state index contributed by atoms with van der Waals surface area (Å²) >= 11 is 0. The molecule has 0 aliphatic carbocycles. The summed E-state index contributed by atoms with van der Waals surface area (Å²) in [7, 11) is 0. The Morgan fingerprint density at radius 1 is 0.517 bits per heavy atom. The topological polar surface area (TPSA) is 70.4 Å². The van der Waals surface area contributed by atoms with Crippen LogP contribution in [0.3, 0.4) is 0 Å². The van der Waals surface area contributed by atoms with Gasteiger partial charge in [0.15, 0.2) is 0 Å². The number of rotatable bonds is 5. The minimum atomic E-state index is 0. The molecule has 6 aromatic carbocycles. The zero-order chi connectivity index (χ0) is 39.1. The number of fused-ring (bicyclic) bond motifs is 2. The van der Waals surface area contributed by atoms with E-state index in [1.54, 1.807) is 12.4 Å². The number of hydrogen-bond acceptors (Lipinski definition) is 3. The van der Waals surface area contributed by atoms with Crippen molar-refractivity contribution in [1.82, 2.24) is 29.5 Å². The molecule has 0 N–H and O–H groups in total. The van der Waals surface area contributed by atoms with E-state index >= 15 is 0 Å². The van der Waals surface area contributed by atoms with Crippen LogP contribution in [0.4, 0.5) is 0 Å². The average molecular weight is 932 g/mol. The molecule has 58 heavy (non-hydrogen) atoms. The molecule has 9 heteroatoms. The first kappa shape index (κ1) is 39.4. The second kappa shape index (κ2) is 18.0. The van der Waals surface area contributed by atoms with E-state index in [0.717, 1.165) is 50.5 Å². The Hall–Kier alpha value is -6.80. The Labute approximate surface area is 352 Å². The molecule has 0 fully saturated rings. The number of pyridine rings is 1. The molecular formula is C49H39IrN8-3. The zero-order valence-electron chi connectivity index (χ0n) is 32.5. The number of nitrogens with zero attached hydrogens (tertiary/aromatic N) is 8. The van der Waals surface area contributed by atoms with E-state index < -0.39 is 0 Å². The maximum absolute atomic E-state index is 4.08. The molecule has 0 amide bonds. The van der Waals surface area contributed by atoms with Crippen LogP contribution in [0.15, 0.2) is 164 Å². The van der Waals surface area contributed by atoms with Gasteiger partial charge in [0, 0.05) is 26.3 Å². The van der Waals surface area contributed by atoms with Crippen molar-refractivity contribution >= 4 is 22.1 Å². The number of benzene rings is 6. The van der Waals surface area contributed by atoms with Crippen molar-refractivity contribution in [3.05, 3.63) is 211 Å². The third-order valence-electron chi connectivity index (χ3n) is 9.41. The van der Waals surface area contributed by atoms with Gasteiger partial charge in [-0.2, -0.15) is 59.7 Å². The van der Waals surface area contributed by atoms with Crippen LogP contribution in [-0.2, 0) is 20.1 Å². The Balaban J connectivity index is 0.000000139. The fourth-order valence-corrected chi connectivity index (χ4v) is 6.33. The molecule has 0 saturated heterocycles. The van der Waals surface area contributed by atoms with Gasteiger partial charge in [0.1, 0.15) is 0 Å². The van der Waals surface area contributed by atoms with Gasteiger partial charge in [-0.15, -0.1) is 0 Å². The van der Waals surface area contributed by atoms with E-state index in [0.29, 0.717) is 5.69 Å². The molecule has 0 atom stereocenters. The molecule has 287 valence electrons. The third kappa shape index (κ3) is 8.76. The maximum Gasteiger partial charge on any atom is 0.268 e. The smallest absolute Gasteiger partial charge is 0.268 e. The van der Waals surface area contributed by atoms with Gasteiger partial charge in [0.25, 0.3) is 12.7 Å². The molecular weight excluding hydrogens is 893 g/mol. The minimum absolute atomic E-state index is 0. The van der Waals surface area contributed by atoms with Crippen LogP contribution in [0.25, 0.3) is 56.2 Å². The van der Waals surface area contributed by atoms with E-state index in [2.05, 4.69) is 212 Å². The molecule has 0 spiro atoms. The molecule has 4 aromatic heterocycles. The van der Waals surface area contributed by atoms with Crippen LogP contribution in [0.2, 0.25) is 0 Å².